The Morgan fingerprint density at radius 1 is 1.42 bits per heavy atom. The van der Waals surface area contributed by atoms with Gasteiger partial charge in [-0.15, -0.1) is 11.6 Å². The third-order valence-electron chi connectivity index (χ3n) is 1.05. The Morgan fingerprint density at radius 2 is 2.00 bits per heavy atom. The number of imide groups is 1. The maximum Gasteiger partial charge on any atom is 0.321 e. The van der Waals surface area contributed by atoms with Crippen molar-refractivity contribution in [2.75, 3.05) is 12.4 Å². The van der Waals surface area contributed by atoms with Crippen molar-refractivity contribution < 1.29 is 9.59 Å². The van der Waals surface area contributed by atoms with Gasteiger partial charge in [0.05, 0.1) is 0 Å². The van der Waals surface area contributed by atoms with Gasteiger partial charge in [-0.3, -0.25) is 10.1 Å². The van der Waals surface area contributed by atoms with Crippen molar-refractivity contribution in [3.63, 3.8) is 0 Å². The zero-order valence-electron chi connectivity index (χ0n) is 7.19. The summed E-state index contributed by atoms with van der Waals surface area (Å²) in [7, 11) is 0. The van der Waals surface area contributed by atoms with Crippen LogP contribution >= 0.6 is 11.6 Å². The van der Waals surface area contributed by atoms with E-state index in [1.165, 1.54) is 0 Å². The van der Waals surface area contributed by atoms with E-state index in [4.69, 9.17) is 11.6 Å². The molecule has 0 bridgehead atoms. The molecule has 0 heterocycles. The van der Waals surface area contributed by atoms with E-state index in [1.807, 2.05) is 13.8 Å². The molecule has 0 aromatic heterocycles. The third kappa shape index (κ3) is 5.97. The van der Waals surface area contributed by atoms with Crippen LogP contribution in [0.2, 0.25) is 0 Å². The van der Waals surface area contributed by atoms with Crippen LogP contribution in [-0.4, -0.2) is 24.4 Å². The van der Waals surface area contributed by atoms with Gasteiger partial charge >= 0.3 is 6.03 Å². The molecule has 0 rings (SSSR count). The molecule has 0 spiro atoms. The Hall–Kier alpha value is -0.770. The van der Waals surface area contributed by atoms with Crippen molar-refractivity contribution in [3.05, 3.63) is 0 Å². The minimum absolute atomic E-state index is 0.199. The molecule has 4 nitrogen and oxygen atoms in total. The normalized spacial score (nSPS) is 9.67. The molecule has 0 aliphatic carbocycles. The van der Waals surface area contributed by atoms with Crippen LogP contribution in [0.5, 0.6) is 0 Å². The van der Waals surface area contributed by atoms with Crippen molar-refractivity contribution in [1.29, 1.82) is 0 Å². The standard InChI is InChI=1S/C7H13ClN2O2/c1-5(2)4-9-7(12)10-6(11)3-8/h5H,3-4H2,1-2H3,(H2,9,10,11,12). The second-order valence-electron chi connectivity index (χ2n) is 2.79. The van der Waals surface area contributed by atoms with Gasteiger partial charge in [0.2, 0.25) is 5.91 Å². The first kappa shape index (κ1) is 11.2. The highest BCUT2D eigenvalue weighted by Gasteiger charge is 2.05. The lowest BCUT2D eigenvalue weighted by atomic mass is 10.2. The van der Waals surface area contributed by atoms with Crippen molar-refractivity contribution in [1.82, 2.24) is 10.6 Å². The summed E-state index contributed by atoms with van der Waals surface area (Å²) in [5.41, 5.74) is 0. The van der Waals surface area contributed by atoms with E-state index in [-0.39, 0.29) is 5.88 Å². The van der Waals surface area contributed by atoms with Gasteiger partial charge in [-0.2, -0.15) is 0 Å². The molecule has 3 amide bonds. The molecular formula is C7H13ClN2O2. The fourth-order valence-corrected chi connectivity index (χ4v) is 0.568. The highest BCUT2D eigenvalue weighted by Crippen LogP contribution is 1.86. The fraction of sp³-hybridized carbons (Fsp3) is 0.714. The van der Waals surface area contributed by atoms with Crippen LogP contribution in [0.3, 0.4) is 0 Å². The average molecular weight is 193 g/mol. The summed E-state index contributed by atoms with van der Waals surface area (Å²) in [6.07, 6.45) is 0. The summed E-state index contributed by atoms with van der Waals surface area (Å²) >= 11 is 5.17. The van der Waals surface area contributed by atoms with E-state index in [2.05, 4.69) is 10.6 Å². The largest absolute Gasteiger partial charge is 0.338 e. The summed E-state index contributed by atoms with van der Waals surface area (Å²) in [6.45, 7) is 4.47. The lowest BCUT2D eigenvalue weighted by Crippen LogP contribution is -2.41. The van der Waals surface area contributed by atoms with E-state index in [1.54, 1.807) is 0 Å². The summed E-state index contributed by atoms with van der Waals surface area (Å²) in [5, 5.41) is 4.58. The van der Waals surface area contributed by atoms with Crippen molar-refractivity contribution in [3.8, 4) is 0 Å². The molecular weight excluding hydrogens is 180 g/mol. The second kappa shape index (κ2) is 5.83. The maximum atomic E-state index is 10.8. The summed E-state index contributed by atoms with van der Waals surface area (Å²) in [5.74, 6) is -0.325. The third-order valence-corrected chi connectivity index (χ3v) is 1.29. The topological polar surface area (TPSA) is 58.2 Å². The quantitative estimate of drug-likeness (QED) is 0.647. The number of hydrogen-bond donors (Lipinski definition) is 2. The maximum absolute atomic E-state index is 10.8. The van der Waals surface area contributed by atoms with Crippen LogP contribution < -0.4 is 10.6 Å². The Morgan fingerprint density at radius 3 is 2.42 bits per heavy atom. The predicted molar refractivity (Wildman–Crippen MR) is 47.1 cm³/mol. The number of alkyl halides is 1. The highest BCUT2D eigenvalue weighted by molar-refractivity contribution is 6.28. The van der Waals surface area contributed by atoms with Gasteiger partial charge < -0.3 is 5.32 Å². The zero-order chi connectivity index (χ0) is 9.56. The Bertz CT molecular complexity index is 171. The first-order valence-corrected chi connectivity index (χ1v) is 4.23. The number of rotatable bonds is 3. The van der Waals surface area contributed by atoms with Gasteiger partial charge in [-0.1, -0.05) is 13.8 Å². The van der Waals surface area contributed by atoms with E-state index in [0.29, 0.717) is 12.5 Å². The Balaban J connectivity index is 3.53. The van der Waals surface area contributed by atoms with Crippen LogP contribution in [0, 0.1) is 5.92 Å². The average Bonchev–Trinajstić information content (AvgIpc) is 2.00. The fourth-order valence-electron chi connectivity index (χ4n) is 0.501. The predicted octanol–water partition coefficient (Wildman–Crippen LogP) is 0.707. The van der Waals surface area contributed by atoms with Crippen LogP contribution in [0.4, 0.5) is 4.79 Å². The van der Waals surface area contributed by atoms with E-state index >= 15 is 0 Å². The summed E-state index contributed by atoms with van der Waals surface area (Å²) in [6, 6.07) is -0.491. The van der Waals surface area contributed by atoms with Crippen molar-refractivity contribution in [2.24, 2.45) is 5.92 Å². The molecule has 70 valence electrons. The van der Waals surface area contributed by atoms with E-state index in [0.717, 1.165) is 0 Å². The van der Waals surface area contributed by atoms with Crippen LogP contribution in [0.15, 0.2) is 0 Å². The zero-order valence-corrected chi connectivity index (χ0v) is 7.94. The molecule has 0 atom stereocenters. The lowest BCUT2D eigenvalue weighted by Gasteiger charge is -2.06. The number of urea groups is 1. The first-order chi connectivity index (χ1) is 5.56. The molecule has 0 aliphatic heterocycles. The van der Waals surface area contributed by atoms with Crippen molar-refractivity contribution >= 4 is 23.5 Å². The van der Waals surface area contributed by atoms with E-state index in [9.17, 15) is 9.59 Å². The van der Waals surface area contributed by atoms with Gasteiger partial charge in [-0.25, -0.2) is 4.79 Å². The number of halogens is 1. The molecule has 0 unspecified atom stereocenters. The van der Waals surface area contributed by atoms with Gasteiger partial charge in [-0.05, 0) is 5.92 Å². The summed E-state index contributed by atoms with van der Waals surface area (Å²) in [4.78, 5) is 21.4. The molecule has 0 saturated carbocycles. The molecule has 0 saturated heterocycles. The number of nitrogens with one attached hydrogen (secondary N) is 2. The SMILES string of the molecule is CC(C)CNC(=O)NC(=O)CCl. The molecule has 0 fully saturated rings. The molecule has 0 aliphatic rings. The minimum Gasteiger partial charge on any atom is -0.338 e. The van der Waals surface area contributed by atoms with Gasteiger partial charge in [0.1, 0.15) is 5.88 Å². The Labute approximate surface area is 76.7 Å². The van der Waals surface area contributed by atoms with Crippen LogP contribution in [0.1, 0.15) is 13.8 Å². The highest BCUT2D eigenvalue weighted by atomic mass is 35.5. The minimum atomic E-state index is -0.491. The second-order valence-corrected chi connectivity index (χ2v) is 3.05. The number of carbonyl (C=O) groups is 2. The molecule has 2 N–H and O–H groups in total. The Kier molecular flexibility index (Phi) is 5.45. The van der Waals surface area contributed by atoms with Gasteiger partial charge in [0.25, 0.3) is 0 Å². The van der Waals surface area contributed by atoms with E-state index < -0.39 is 11.9 Å². The molecule has 0 aromatic rings. The van der Waals surface area contributed by atoms with Gasteiger partial charge in [0, 0.05) is 6.54 Å². The summed E-state index contributed by atoms with van der Waals surface area (Å²) < 4.78 is 0. The lowest BCUT2D eigenvalue weighted by molar-refractivity contribution is -0.117. The van der Waals surface area contributed by atoms with Gasteiger partial charge in [0.15, 0.2) is 0 Å². The molecule has 0 aromatic carbocycles. The number of amides is 3. The van der Waals surface area contributed by atoms with Crippen LogP contribution in [-0.2, 0) is 4.79 Å². The van der Waals surface area contributed by atoms with Crippen LogP contribution in [0.25, 0.3) is 0 Å². The monoisotopic (exact) mass is 192 g/mol. The molecule has 5 heteroatoms. The molecule has 12 heavy (non-hydrogen) atoms. The molecule has 0 radical (unpaired) electrons. The first-order valence-electron chi connectivity index (χ1n) is 3.70. The number of carbonyl (C=O) groups excluding carboxylic acids is 2. The number of hydrogen-bond acceptors (Lipinski definition) is 2. The smallest absolute Gasteiger partial charge is 0.321 e. The van der Waals surface area contributed by atoms with Crippen molar-refractivity contribution in [2.45, 2.75) is 13.8 Å².